The first-order chi connectivity index (χ1) is 11.8. The van der Waals surface area contributed by atoms with Crippen molar-refractivity contribution in [3.05, 3.63) is 0 Å². The summed E-state index contributed by atoms with van der Waals surface area (Å²) in [5, 5.41) is 0. The van der Waals surface area contributed by atoms with Gasteiger partial charge in [-0.25, -0.2) is 0 Å². The lowest BCUT2D eigenvalue weighted by Crippen LogP contribution is -2.63. The normalized spacial score (nSPS) is 56.9. The van der Waals surface area contributed by atoms with Gasteiger partial charge >= 0.3 is 0 Å². The molecule has 5 unspecified atom stereocenters. The molecule has 0 radical (unpaired) electrons. The van der Waals surface area contributed by atoms with E-state index in [2.05, 4.69) is 22.9 Å². The maximum Gasteiger partial charge on any atom is 0.134 e. The molecule has 138 valence electrons. The van der Waals surface area contributed by atoms with Crippen molar-refractivity contribution in [2.75, 3.05) is 6.61 Å². The van der Waals surface area contributed by atoms with E-state index in [0.29, 0.717) is 35.7 Å². The Balaban J connectivity index is 1.53. The van der Waals surface area contributed by atoms with Crippen molar-refractivity contribution in [3.8, 4) is 0 Å². The molecule has 0 aromatic heterocycles. The summed E-state index contributed by atoms with van der Waals surface area (Å²) in [6.45, 7) is 5.03. The minimum Gasteiger partial charge on any atom is -0.376 e. The summed E-state index contributed by atoms with van der Waals surface area (Å²) in [5.74, 6) is 3.06. The average molecular weight is 409 g/mol. The van der Waals surface area contributed by atoms with E-state index in [1.807, 2.05) is 0 Å². The van der Waals surface area contributed by atoms with E-state index < -0.39 is 0 Å². The van der Waals surface area contributed by atoms with Gasteiger partial charge in [-0.15, -0.1) is 0 Å². The third-order valence-corrected chi connectivity index (χ3v) is 10.9. The first kappa shape index (κ1) is 16.9. The van der Waals surface area contributed by atoms with E-state index >= 15 is 0 Å². The van der Waals surface area contributed by atoms with Crippen LogP contribution >= 0.6 is 15.9 Å². The Morgan fingerprint density at radius 2 is 2.00 bits per heavy atom. The van der Waals surface area contributed by atoms with Crippen LogP contribution in [0.25, 0.3) is 0 Å². The quantitative estimate of drug-likeness (QED) is 0.607. The lowest BCUT2D eigenvalue weighted by molar-refractivity contribution is -0.136. The van der Waals surface area contributed by atoms with Crippen molar-refractivity contribution in [1.29, 1.82) is 0 Å². The molecule has 0 aromatic rings. The van der Waals surface area contributed by atoms with Crippen LogP contribution in [0.3, 0.4) is 0 Å². The lowest BCUT2D eigenvalue weighted by Gasteiger charge is -2.61. The Labute approximate surface area is 158 Å². The highest BCUT2D eigenvalue weighted by molar-refractivity contribution is 9.10. The number of ether oxygens (including phenoxy) is 1. The molecule has 5 fully saturated rings. The first-order valence-corrected chi connectivity index (χ1v) is 10.9. The van der Waals surface area contributed by atoms with Crippen molar-refractivity contribution < 1.29 is 14.3 Å². The third-order valence-electron chi connectivity index (χ3n) is 9.31. The van der Waals surface area contributed by atoms with E-state index in [9.17, 15) is 9.59 Å². The fourth-order valence-electron chi connectivity index (χ4n) is 8.20. The molecule has 8 atom stereocenters. The van der Waals surface area contributed by atoms with Gasteiger partial charge in [-0.05, 0) is 68.6 Å². The molecule has 4 aliphatic carbocycles. The van der Waals surface area contributed by atoms with Gasteiger partial charge in [0.15, 0.2) is 0 Å². The molecular formula is C21H29BrO3. The molecule has 0 aromatic carbocycles. The maximum atomic E-state index is 12.3. The van der Waals surface area contributed by atoms with Gasteiger partial charge in [0.1, 0.15) is 11.6 Å². The summed E-state index contributed by atoms with van der Waals surface area (Å²) < 4.78 is 6.23. The van der Waals surface area contributed by atoms with Crippen molar-refractivity contribution in [2.24, 2.45) is 34.5 Å². The number of ketones is 2. The van der Waals surface area contributed by atoms with Crippen molar-refractivity contribution in [2.45, 2.75) is 75.6 Å². The largest absolute Gasteiger partial charge is 0.376 e. The average Bonchev–Trinajstić information content (AvgIpc) is 2.97. The highest BCUT2D eigenvalue weighted by Gasteiger charge is 2.72. The van der Waals surface area contributed by atoms with Gasteiger partial charge < -0.3 is 4.74 Å². The maximum absolute atomic E-state index is 12.3. The standard InChI is InChI=1S/C21H29BrO3/c1-12(23)15-3-4-16-14-9-18-21(22)10-13(24)5-8-20(21,11-25-18)17(14)6-7-19(15,16)2/h14-18H,3-11H2,1-2H3/t14?,15?,16?,17?,18-,19-,20+,21?/m1/s1. The molecule has 1 heterocycles. The number of fused-ring (bicyclic) bond motifs is 3. The van der Waals surface area contributed by atoms with Crippen LogP contribution in [0.1, 0.15) is 65.2 Å². The molecule has 1 saturated heterocycles. The summed E-state index contributed by atoms with van der Waals surface area (Å²) in [5.41, 5.74) is 0.337. The van der Waals surface area contributed by atoms with E-state index in [-0.39, 0.29) is 27.2 Å². The van der Waals surface area contributed by atoms with Gasteiger partial charge in [-0.3, -0.25) is 9.59 Å². The molecule has 0 N–H and O–H groups in total. The topological polar surface area (TPSA) is 43.4 Å². The van der Waals surface area contributed by atoms with Crippen LogP contribution in [0.4, 0.5) is 0 Å². The molecule has 3 nitrogen and oxygen atoms in total. The van der Waals surface area contributed by atoms with Crippen molar-refractivity contribution in [1.82, 2.24) is 0 Å². The monoisotopic (exact) mass is 408 g/mol. The zero-order valence-corrected chi connectivity index (χ0v) is 16.9. The highest BCUT2D eigenvalue weighted by atomic mass is 79.9. The Kier molecular flexibility index (Phi) is 3.51. The number of carbonyl (C=O) groups is 2. The smallest absolute Gasteiger partial charge is 0.134 e. The summed E-state index contributed by atoms with van der Waals surface area (Å²) in [7, 11) is 0. The summed E-state index contributed by atoms with van der Waals surface area (Å²) >= 11 is 4.08. The lowest BCUT2D eigenvalue weighted by atomic mass is 9.44. The minimum absolute atomic E-state index is 0.122. The summed E-state index contributed by atoms with van der Waals surface area (Å²) in [6.07, 6.45) is 8.30. The van der Waals surface area contributed by atoms with Crippen LogP contribution in [-0.2, 0) is 14.3 Å². The molecule has 5 rings (SSSR count). The Bertz CT molecular complexity index is 647. The predicted octanol–water partition coefficient (Wildman–Crippen LogP) is 4.31. The summed E-state index contributed by atoms with van der Waals surface area (Å²) in [6, 6.07) is 0. The van der Waals surface area contributed by atoms with E-state index in [1.165, 1.54) is 19.3 Å². The Morgan fingerprint density at radius 3 is 2.76 bits per heavy atom. The molecular weight excluding hydrogens is 380 g/mol. The van der Waals surface area contributed by atoms with E-state index in [4.69, 9.17) is 4.74 Å². The SMILES string of the molecule is CC(=O)C1CCC2C3C[C@H]4OC[C@@]5(CCC(=O)CC45Br)C3CC[C@]12C. The van der Waals surface area contributed by atoms with Crippen LogP contribution in [0.2, 0.25) is 0 Å². The van der Waals surface area contributed by atoms with Crippen molar-refractivity contribution in [3.63, 3.8) is 0 Å². The number of halogens is 1. The van der Waals surface area contributed by atoms with Gasteiger partial charge in [0.2, 0.25) is 0 Å². The number of hydrogen-bond acceptors (Lipinski definition) is 3. The van der Waals surface area contributed by atoms with Crippen LogP contribution in [-0.4, -0.2) is 28.6 Å². The molecule has 2 bridgehead atoms. The molecule has 4 saturated carbocycles. The number of rotatable bonds is 1. The van der Waals surface area contributed by atoms with Gasteiger partial charge in [-0.2, -0.15) is 0 Å². The number of alkyl halides is 1. The fourth-order valence-corrected chi connectivity index (χ4v) is 9.44. The van der Waals surface area contributed by atoms with Crippen LogP contribution in [0.15, 0.2) is 0 Å². The number of carbonyl (C=O) groups excluding carboxylic acids is 2. The molecule has 25 heavy (non-hydrogen) atoms. The summed E-state index contributed by atoms with van der Waals surface area (Å²) in [4.78, 5) is 24.5. The van der Waals surface area contributed by atoms with Gasteiger partial charge in [0.05, 0.1) is 17.0 Å². The zero-order chi connectivity index (χ0) is 17.6. The Hall–Kier alpha value is -0.220. The van der Waals surface area contributed by atoms with Gasteiger partial charge in [0.25, 0.3) is 0 Å². The van der Waals surface area contributed by atoms with Crippen LogP contribution in [0.5, 0.6) is 0 Å². The molecule has 1 aliphatic heterocycles. The molecule has 5 aliphatic rings. The fraction of sp³-hybridized carbons (Fsp3) is 0.905. The number of hydrogen-bond donors (Lipinski definition) is 0. The third kappa shape index (κ3) is 1.91. The first-order valence-electron chi connectivity index (χ1n) is 10.1. The Morgan fingerprint density at radius 1 is 1.20 bits per heavy atom. The van der Waals surface area contributed by atoms with Crippen LogP contribution in [0, 0.1) is 34.5 Å². The predicted molar refractivity (Wildman–Crippen MR) is 98.5 cm³/mol. The highest BCUT2D eigenvalue weighted by Crippen LogP contribution is 2.72. The van der Waals surface area contributed by atoms with Gasteiger partial charge in [-0.1, -0.05) is 22.9 Å². The number of Topliss-reactive ketones (excluding diaryl/α,β-unsaturated/α-hetero) is 2. The molecule has 4 heteroatoms. The van der Waals surface area contributed by atoms with Crippen LogP contribution < -0.4 is 0 Å². The zero-order valence-electron chi connectivity index (χ0n) is 15.4. The second-order valence-electron chi connectivity index (χ2n) is 9.93. The van der Waals surface area contributed by atoms with E-state index in [0.717, 1.165) is 32.3 Å². The molecule has 0 spiro atoms. The molecule has 0 amide bonds. The second kappa shape index (κ2) is 5.19. The van der Waals surface area contributed by atoms with E-state index in [1.54, 1.807) is 6.92 Å². The van der Waals surface area contributed by atoms with Gasteiger partial charge in [0, 0.05) is 24.2 Å². The van der Waals surface area contributed by atoms with Crippen molar-refractivity contribution >= 4 is 27.5 Å². The minimum atomic E-state index is -0.122. The second-order valence-corrected chi connectivity index (χ2v) is 11.3.